The third-order valence-electron chi connectivity index (χ3n) is 4.19. The Kier molecular flexibility index (Phi) is 3.50. The molecule has 1 aromatic rings. The standard InChI is InChI=1S/C13H23N5/c1-2-8-18-13(10-15-16-18)17-9-4-6-12(17)11-5-3-7-14-11/h10-12,14H,2-9H2,1H3. The van der Waals surface area contributed by atoms with Crippen LogP contribution in [0.3, 0.4) is 0 Å². The zero-order valence-corrected chi connectivity index (χ0v) is 11.2. The van der Waals surface area contributed by atoms with Gasteiger partial charge >= 0.3 is 0 Å². The minimum atomic E-state index is 0.640. The molecule has 0 spiro atoms. The molecule has 2 aliphatic heterocycles. The van der Waals surface area contributed by atoms with E-state index in [1.54, 1.807) is 0 Å². The van der Waals surface area contributed by atoms with Crippen LogP contribution >= 0.6 is 0 Å². The topological polar surface area (TPSA) is 46.0 Å². The first-order valence-corrected chi connectivity index (χ1v) is 7.28. The van der Waals surface area contributed by atoms with Crippen LogP contribution < -0.4 is 10.2 Å². The van der Waals surface area contributed by atoms with Gasteiger partial charge in [-0.3, -0.25) is 0 Å². The number of hydrogen-bond donors (Lipinski definition) is 1. The highest BCUT2D eigenvalue weighted by Crippen LogP contribution is 2.29. The third kappa shape index (κ3) is 2.11. The fraction of sp³-hybridized carbons (Fsp3) is 0.846. The first-order valence-electron chi connectivity index (χ1n) is 7.28. The van der Waals surface area contributed by atoms with E-state index in [0.717, 1.165) is 19.5 Å². The van der Waals surface area contributed by atoms with Gasteiger partial charge in [0, 0.05) is 25.2 Å². The fourth-order valence-electron chi connectivity index (χ4n) is 3.38. The average molecular weight is 249 g/mol. The van der Waals surface area contributed by atoms with E-state index < -0.39 is 0 Å². The number of hydrogen-bond acceptors (Lipinski definition) is 4. The molecule has 100 valence electrons. The maximum atomic E-state index is 4.22. The zero-order chi connectivity index (χ0) is 12.4. The Labute approximate surface area is 109 Å². The van der Waals surface area contributed by atoms with E-state index in [1.165, 1.54) is 38.0 Å². The molecule has 2 atom stereocenters. The first-order chi connectivity index (χ1) is 8.90. The van der Waals surface area contributed by atoms with Crippen molar-refractivity contribution in [3.8, 4) is 0 Å². The monoisotopic (exact) mass is 249 g/mol. The van der Waals surface area contributed by atoms with Gasteiger partial charge in [-0.05, 0) is 38.6 Å². The minimum absolute atomic E-state index is 0.640. The summed E-state index contributed by atoms with van der Waals surface area (Å²) in [5.74, 6) is 1.22. The zero-order valence-electron chi connectivity index (χ0n) is 11.2. The van der Waals surface area contributed by atoms with Gasteiger partial charge in [-0.15, -0.1) is 5.10 Å². The molecular formula is C13H23N5. The van der Waals surface area contributed by atoms with E-state index in [4.69, 9.17) is 0 Å². The number of aryl methyl sites for hydroxylation is 1. The minimum Gasteiger partial charge on any atom is -0.351 e. The summed E-state index contributed by atoms with van der Waals surface area (Å²) in [6, 6.07) is 1.30. The van der Waals surface area contributed by atoms with E-state index in [-0.39, 0.29) is 0 Å². The van der Waals surface area contributed by atoms with Crippen LogP contribution in [0.2, 0.25) is 0 Å². The molecule has 2 aliphatic rings. The van der Waals surface area contributed by atoms with Gasteiger partial charge in [0.25, 0.3) is 0 Å². The molecule has 5 heteroatoms. The number of nitrogens with zero attached hydrogens (tertiary/aromatic N) is 4. The van der Waals surface area contributed by atoms with Crippen LogP contribution in [0, 0.1) is 0 Å². The second kappa shape index (κ2) is 5.26. The SMILES string of the molecule is CCCn1nncc1N1CCCC1C1CCCN1. The van der Waals surface area contributed by atoms with Gasteiger partial charge in [-0.25, -0.2) is 4.68 Å². The summed E-state index contributed by atoms with van der Waals surface area (Å²) in [5.41, 5.74) is 0. The Morgan fingerprint density at radius 3 is 3.11 bits per heavy atom. The van der Waals surface area contributed by atoms with Crippen molar-refractivity contribution in [3.05, 3.63) is 6.20 Å². The lowest BCUT2D eigenvalue weighted by Crippen LogP contribution is -2.44. The Balaban J connectivity index is 1.78. The molecule has 2 unspecified atom stereocenters. The normalized spacial score (nSPS) is 28.2. The van der Waals surface area contributed by atoms with Crippen molar-refractivity contribution in [2.24, 2.45) is 0 Å². The van der Waals surface area contributed by atoms with E-state index in [9.17, 15) is 0 Å². The smallest absolute Gasteiger partial charge is 0.147 e. The van der Waals surface area contributed by atoms with Gasteiger partial charge < -0.3 is 10.2 Å². The quantitative estimate of drug-likeness (QED) is 0.876. The summed E-state index contributed by atoms with van der Waals surface area (Å²) in [5, 5.41) is 12.0. The van der Waals surface area contributed by atoms with Crippen molar-refractivity contribution in [1.82, 2.24) is 20.3 Å². The number of nitrogens with one attached hydrogen (secondary N) is 1. The first kappa shape index (κ1) is 12.0. The molecule has 0 aromatic carbocycles. The van der Waals surface area contributed by atoms with Gasteiger partial charge in [-0.1, -0.05) is 12.1 Å². The maximum Gasteiger partial charge on any atom is 0.147 e. The van der Waals surface area contributed by atoms with E-state index in [0.29, 0.717) is 12.1 Å². The molecule has 0 bridgehead atoms. The summed E-state index contributed by atoms with van der Waals surface area (Å²) in [6.45, 7) is 5.49. The van der Waals surface area contributed by atoms with Crippen LogP contribution in [-0.4, -0.2) is 40.2 Å². The van der Waals surface area contributed by atoms with Crippen LogP contribution in [-0.2, 0) is 6.54 Å². The number of anilines is 1. The fourth-order valence-corrected chi connectivity index (χ4v) is 3.38. The highest BCUT2D eigenvalue weighted by Gasteiger charge is 2.34. The summed E-state index contributed by atoms with van der Waals surface area (Å²) in [7, 11) is 0. The Morgan fingerprint density at radius 2 is 2.33 bits per heavy atom. The van der Waals surface area contributed by atoms with Crippen molar-refractivity contribution >= 4 is 5.82 Å². The van der Waals surface area contributed by atoms with Crippen molar-refractivity contribution < 1.29 is 0 Å². The molecule has 2 saturated heterocycles. The predicted molar refractivity (Wildman–Crippen MR) is 71.7 cm³/mol. The highest BCUT2D eigenvalue weighted by molar-refractivity contribution is 5.40. The highest BCUT2D eigenvalue weighted by atomic mass is 15.5. The summed E-state index contributed by atoms with van der Waals surface area (Å²) in [4.78, 5) is 2.53. The van der Waals surface area contributed by atoms with Gasteiger partial charge in [0.05, 0.1) is 6.20 Å². The lowest BCUT2D eigenvalue weighted by atomic mass is 10.0. The average Bonchev–Trinajstić information content (AvgIpc) is 3.10. The molecule has 3 rings (SSSR count). The summed E-state index contributed by atoms with van der Waals surface area (Å²) >= 11 is 0. The number of rotatable bonds is 4. The lowest BCUT2D eigenvalue weighted by molar-refractivity contribution is 0.471. The molecule has 0 aliphatic carbocycles. The Bertz CT molecular complexity index is 382. The molecule has 1 aromatic heterocycles. The molecular weight excluding hydrogens is 226 g/mol. The molecule has 2 fully saturated rings. The molecule has 0 saturated carbocycles. The van der Waals surface area contributed by atoms with Gasteiger partial charge in [0.15, 0.2) is 0 Å². The molecule has 5 nitrogen and oxygen atoms in total. The summed E-state index contributed by atoms with van der Waals surface area (Å²) < 4.78 is 2.06. The third-order valence-corrected chi connectivity index (χ3v) is 4.19. The lowest BCUT2D eigenvalue weighted by Gasteiger charge is -2.30. The van der Waals surface area contributed by atoms with E-state index in [2.05, 4.69) is 32.1 Å². The second-order valence-corrected chi connectivity index (χ2v) is 5.42. The molecule has 0 amide bonds. The van der Waals surface area contributed by atoms with Crippen LogP contribution in [0.5, 0.6) is 0 Å². The number of aromatic nitrogens is 3. The van der Waals surface area contributed by atoms with Gasteiger partial charge in [0.1, 0.15) is 5.82 Å². The van der Waals surface area contributed by atoms with Crippen molar-refractivity contribution in [2.45, 2.75) is 57.7 Å². The molecule has 1 N–H and O–H groups in total. The predicted octanol–water partition coefficient (Wildman–Crippen LogP) is 1.41. The van der Waals surface area contributed by atoms with Crippen LogP contribution in [0.4, 0.5) is 5.82 Å². The Morgan fingerprint density at radius 1 is 1.39 bits per heavy atom. The van der Waals surface area contributed by atoms with Crippen molar-refractivity contribution in [1.29, 1.82) is 0 Å². The molecule has 3 heterocycles. The van der Waals surface area contributed by atoms with Gasteiger partial charge in [0.2, 0.25) is 0 Å². The van der Waals surface area contributed by atoms with E-state index >= 15 is 0 Å². The maximum absolute atomic E-state index is 4.22. The van der Waals surface area contributed by atoms with Crippen LogP contribution in [0.15, 0.2) is 6.20 Å². The van der Waals surface area contributed by atoms with Gasteiger partial charge in [-0.2, -0.15) is 0 Å². The molecule has 18 heavy (non-hydrogen) atoms. The van der Waals surface area contributed by atoms with E-state index in [1.807, 2.05) is 6.20 Å². The van der Waals surface area contributed by atoms with Crippen molar-refractivity contribution in [2.75, 3.05) is 18.0 Å². The molecule has 0 radical (unpaired) electrons. The van der Waals surface area contributed by atoms with Crippen LogP contribution in [0.25, 0.3) is 0 Å². The largest absolute Gasteiger partial charge is 0.351 e. The van der Waals surface area contributed by atoms with Crippen molar-refractivity contribution in [3.63, 3.8) is 0 Å². The van der Waals surface area contributed by atoms with Crippen LogP contribution in [0.1, 0.15) is 39.0 Å². The Hall–Kier alpha value is -1.10. The second-order valence-electron chi connectivity index (χ2n) is 5.42. The summed E-state index contributed by atoms with van der Waals surface area (Å²) in [6.07, 6.45) is 8.27.